The van der Waals surface area contributed by atoms with Crippen LogP contribution in [-0.2, 0) is 24.3 Å². The number of nitrogens with zero attached hydrogens (tertiary/aromatic N) is 5. The number of halogens is 1. The molecule has 0 saturated carbocycles. The average Bonchev–Trinajstić information content (AvgIpc) is 3.83. The van der Waals surface area contributed by atoms with Crippen LogP contribution >= 0.6 is 23.1 Å². The number of aryl methyl sites for hydroxylation is 2. The van der Waals surface area contributed by atoms with Crippen molar-refractivity contribution >= 4 is 40.6 Å². The van der Waals surface area contributed by atoms with Crippen LogP contribution in [0.1, 0.15) is 50.2 Å². The van der Waals surface area contributed by atoms with Gasteiger partial charge in [0.25, 0.3) is 11.8 Å². The molecule has 0 spiro atoms. The Morgan fingerprint density at radius 3 is 2.51 bits per heavy atom. The molecule has 228 valence electrons. The molecule has 3 heterocycles. The molecule has 0 saturated heterocycles. The summed E-state index contributed by atoms with van der Waals surface area (Å²) in [5, 5.41) is 20.4. The van der Waals surface area contributed by atoms with E-state index in [0.717, 1.165) is 27.3 Å². The minimum absolute atomic E-state index is 0.0377. The molecule has 2 aromatic heterocycles. The summed E-state index contributed by atoms with van der Waals surface area (Å²) in [7, 11) is 0. The highest BCUT2D eigenvalue weighted by atomic mass is 32.2. The van der Waals surface area contributed by atoms with Crippen LogP contribution in [-0.4, -0.2) is 43.1 Å². The van der Waals surface area contributed by atoms with Gasteiger partial charge in [0, 0.05) is 13.0 Å². The van der Waals surface area contributed by atoms with Crippen molar-refractivity contribution in [2.24, 2.45) is 5.10 Å². The molecule has 1 aliphatic heterocycles. The van der Waals surface area contributed by atoms with Gasteiger partial charge in [0.15, 0.2) is 11.0 Å². The maximum absolute atomic E-state index is 14.2. The van der Waals surface area contributed by atoms with E-state index in [1.54, 1.807) is 22.4 Å². The van der Waals surface area contributed by atoms with Crippen LogP contribution in [0.5, 0.6) is 0 Å². The molecule has 0 aliphatic carbocycles. The van der Waals surface area contributed by atoms with Gasteiger partial charge in [0.2, 0.25) is 0 Å². The summed E-state index contributed by atoms with van der Waals surface area (Å²) in [4.78, 5) is 27.5. The van der Waals surface area contributed by atoms with Gasteiger partial charge in [0.1, 0.15) is 5.82 Å². The number of benzene rings is 3. The van der Waals surface area contributed by atoms with Crippen LogP contribution in [0.4, 0.5) is 4.39 Å². The summed E-state index contributed by atoms with van der Waals surface area (Å²) < 4.78 is 16.1. The van der Waals surface area contributed by atoms with Crippen LogP contribution in [0.15, 0.2) is 107 Å². The van der Waals surface area contributed by atoms with Gasteiger partial charge in [0.05, 0.1) is 34.5 Å². The van der Waals surface area contributed by atoms with Crippen molar-refractivity contribution in [1.29, 1.82) is 0 Å². The van der Waals surface area contributed by atoms with Gasteiger partial charge in [-0.3, -0.25) is 9.59 Å². The molecule has 45 heavy (non-hydrogen) atoms. The first kappa shape index (κ1) is 30.4. The van der Waals surface area contributed by atoms with E-state index in [0.29, 0.717) is 30.4 Å². The number of hydrogen-bond acceptors (Lipinski definition) is 7. The number of hydrazone groups is 1. The van der Waals surface area contributed by atoms with Crippen LogP contribution in [0.2, 0.25) is 0 Å². The molecule has 6 rings (SSSR count). The molecule has 5 aromatic rings. The third kappa shape index (κ3) is 7.21. The fourth-order valence-corrected chi connectivity index (χ4v) is 6.70. The number of amides is 2. The second-order valence-electron chi connectivity index (χ2n) is 10.6. The molecular weight excluding hydrogens is 608 g/mol. The third-order valence-electron chi connectivity index (χ3n) is 7.54. The number of nitrogens with one attached hydrogen (secondary N) is 1. The van der Waals surface area contributed by atoms with E-state index in [-0.39, 0.29) is 29.8 Å². The van der Waals surface area contributed by atoms with Crippen molar-refractivity contribution in [3.05, 3.63) is 135 Å². The molecule has 11 heteroatoms. The van der Waals surface area contributed by atoms with E-state index < -0.39 is 11.7 Å². The summed E-state index contributed by atoms with van der Waals surface area (Å²) in [6, 6.07) is 27.9. The van der Waals surface area contributed by atoms with Crippen molar-refractivity contribution < 1.29 is 14.0 Å². The molecule has 1 unspecified atom stereocenters. The van der Waals surface area contributed by atoms with Gasteiger partial charge >= 0.3 is 0 Å². The Kier molecular flexibility index (Phi) is 9.46. The molecule has 0 radical (unpaired) electrons. The number of rotatable bonds is 11. The number of thioether (sulfide) groups is 1. The van der Waals surface area contributed by atoms with Crippen LogP contribution in [0.25, 0.3) is 0 Å². The van der Waals surface area contributed by atoms with E-state index >= 15 is 0 Å². The topological polar surface area (TPSA) is 92.5 Å². The summed E-state index contributed by atoms with van der Waals surface area (Å²) in [5.74, 6) is -0.641. The Morgan fingerprint density at radius 1 is 0.978 bits per heavy atom. The Labute approximate surface area is 269 Å². The Morgan fingerprint density at radius 2 is 1.76 bits per heavy atom. The van der Waals surface area contributed by atoms with Gasteiger partial charge < -0.3 is 9.88 Å². The van der Waals surface area contributed by atoms with Gasteiger partial charge in [-0.15, -0.1) is 21.5 Å². The third-order valence-corrected chi connectivity index (χ3v) is 9.41. The number of thiophene rings is 1. The van der Waals surface area contributed by atoms with Crippen LogP contribution in [0.3, 0.4) is 0 Å². The van der Waals surface area contributed by atoms with E-state index in [1.807, 2.05) is 59.3 Å². The van der Waals surface area contributed by atoms with Gasteiger partial charge in [-0.2, -0.15) is 5.10 Å². The van der Waals surface area contributed by atoms with Crippen molar-refractivity contribution in [2.45, 2.75) is 44.1 Å². The zero-order valence-corrected chi connectivity index (χ0v) is 26.2. The molecule has 8 nitrogen and oxygen atoms in total. The molecule has 0 bridgehead atoms. The highest BCUT2D eigenvalue weighted by Crippen LogP contribution is 2.35. The quantitative estimate of drug-likeness (QED) is 0.168. The Hall–Kier alpha value is -4.61. The molecule has 1 N–H and O–H groups in total. The first-order valence-corrected chi connectivity index (χ1v) is 16.4. The highest BCUT2D eigenvalue weighted by Gasteiger charge is 2.33. The first-order valence-electron chi connectivity index (χ1n) is 14.6. The van der Waals surface area contributed by atoms with Crippen LogP contribution < -0.4 is 5.32 Å². The molecule has 1 atom stereocenters. The van der Waals surface area contributed by atoms with Gasteiger partial charge in [-0.1, -0.05) is 90.1 Å². The Bertz CT molecular complexity index is 1810. The smallest absolute Gasteiger partial charge is 0.254 e. The maximum Gasteiger partial charge on any atom is 0.254 e. The zero-order chi connectivity index (χ0) is 31.2. The van der Waals surface area contributed by atoms with E-state index in [1.165, 1.54) is 30.0 Å². The monoisotopic (exact) mass is 638 g/mol. The SMILES string of the molecule is Cc1ccc(C2CC(c3cccs3)=NN2C(=O)CSc2nnc(CNC(=O)c3ccccc3F)n2CCc2ccccc2)cc1. The fraction of sp³-hybridized carbons (Fsp3) is 0.206. The fourth-order valence-electron chi connectivity index (χ4n) is 5.14. The minimum atomic E-state index is -0.592. The largest absolute Gasteiger partial charge is 0.345 e. The van der Waals surface area contributed by atoms with E-state index in [2.05, 4.69) is 39.8 Å². The lowest BCUT2D eigenvalue weighted by Gasteiger charge is -2.22. The molecule has 2 amide bonds. The van der Waals surface area contributed by atoms with Crippen molar-refractivity contribution in [2.75, 3.05) is 5.75 Å². The lowest BCUT2D eigenvalue weighted by Crippen LogP contribution is -2.29. The number of carbonyl (C=O) groups excluding carboxylic acids is 2. The molecule has 0 fully saturated rings. The van der Waals surface area contributed by atoms with Crippen molar-refractivity contribution in [1.82, 2.24) is 25.1 Å². The van der Waals surface area contributed by atoms with Gasteiger partial charge in [-0.25, -0.2) is 9.40 Å². The summed E-state index contributed by atoms with van der Waals surface area (Å²) in [6.07, 6.45) is 1.34. The summed E-state index contributed by atoms with van der Waals surface area (Å²) in [6.45, 7) is 2.63. The summed E-state index contributed by atoms with van der Waals surface area (Å²) >= 11 is 2.90. The number of carbonyl (C=O) groups is 2. The normalized spacial score (nSPS) is 14.4. The number of hydrogen-bond donors (Lipinski definition) is 1. The standard InChI is InChI=1S/C34H31FN6O2S2/c1-23-13-15-25(16-14-23)29-20-28(30-12-7-19-44-30)39-41(29)32(42)22-45-34-38-37-31(40(34)18-17-24-8-3-2-4-9-24)21-36-33(43)26-10-5-6-11-27(26)35/h2-16,19,29H,17-18,20-22H2,1H3,(H,36,43). The molecule has 1 aliphatic rings. The average molecular weight is 639 g/mol. The predicted molar refractivity (Wildman–Crippen MR) is 175 cm³/mol. The van der Waals surface area contributed by atoms with E-state index in [4.69, 9.17) is 5.10 Å². The highest BCUT2D eigenvalue weighted by molar-refractivity contribution is 7.99. The first-order chi connectivity index (χ1) is 22.0. The maximum atomic E-state index is 14.2. The predicted octanol–water partition coefficient (Wildman–Crippen LogP) is 6.43. The second kappa shape index (κ2) is 14.0. The van der Waals surface area contributed by atoms with Crippen molar-refractivity contribution in [3.8, 4) is 0 Å². The number of aromatic nitrogens is 3. The van der Waals surface area contributed by atoms with Crippen molar-refractivity contribution in [3.63, 3.8) is 0 Å². The van der Waals surface area contributed by atoms with Crippen LogP contribution in [0, 0.1) is 12.7 Å². The lowest BCUT2D eigenvalue weighted by molar-refractivity contribution is -0.130. The Balaban J connectivity index is 1.20. The zero-order valence-electron chi connectivity index (χ0n) is 24.6. The second-order valence-corrected chi connectivity index (χ2v) is 12.5. The molecular formula is C34H31FN6O2S2. The molecule has 3 aromatic carbocycles. The lowest BCUT2D eigenvalue weighted by atomic mass is 10.00. The summed E-state index contributed by atoms with van der Waals surface area (Å²) in [5.41, 5.74) is 4.18. The van der Waals surface area contributed by atoms with Gasteiger partial charge in [-0.05, 0) is 48.1 Å². The van der Waals surface area contributed by atoms with E-state index in [9.17, 15) is 14.0 Å². The minimum Gasteiger partial charge on any atom is -0.345 e.